The number of carbonyl (C=O) groups is 1. The van der Waals surface area contributed by atoms with Crippen molar-refractivity contribution in [1.82, 2.24) is 4.90 Å². The molecule has 0 bridgehead atoms. The quantitative estimate of drug-likeness (QED) is 0.766. The highest BCUT2D eigenvalue weighted by Crippen LogP contribution is 2.29. The zero-order valence-corrected chi connectivity index (χ0v) is 11.9. The molecule has 0 amide bonds. The number of aliphatic hydroxyl groups is 1. The maximum absolute atomic E-state index is 11.4. The van der Waals surface area contributed by atoms with Gasteiger partial charge in [0, 0.05) is 12.6 Å². The van der Waals surface area contributed by atoms with Crippen LogP contribution in [0.2, 0.25) is 0 Å². The van der Waals surface area contributed by atoms with Crippen LogP contribution in [0.25, 0.3) is 0 Å². The Kier molecular flexibility index (Phi) is 5.19. The average Bonchev–Trinajstić information content (AvgIpc) is 2.78. The van der Waals surface area contributed by atoms with E-state index < -0.39 is 0 Å². The van der Waals surface area contributed by atoms with Crippen LogP contribution in [0, 0.1) is 5.92 Å². The lowest BCUT2D eigenvalue weighted by Gasteiger charge is -2.29. The fourth-order valence-corrected chi connectivity index (χ4v) is 3.21. The molecule has 0 unspecified atom stereocenters. The third-order valence-electron chi connectivity index (χ3n) is 4.45. The highest BCUT2D eigenvalue weighted by Gasteiger charge is 2.33. The molecule has 5 nitrogen and oxygen atoms in total. The smallest absolute Gasteiger partial charge is 0.308 e. The Morgan fingerprint density at radius 1 is 1.26 bits per heavy atom. The van der Waals surface area contributed by atoms with Gasteiger partial charge in [0.2, 0.25) is 0 Å². The van der Waals surface area contributed by atoms with Crippen molar-refractivity contribution in [3.05, 3.63) is 0 Å². The van der Waals surface area contributed by atoms with Crippen molar-refractivity contribution in [2.45, 2.75) is 50.4 Å². The van der Waals surface area contributed by atoms with Gasteiger partial charge in [-0.25, -0.2) is 0 Å². The second-order valence-electron chi connectivity index (χ2n) is 5.77. The van der Waals surface area contributed by atoms with Crippen molar-refractivity contribution >= 4 is 5.97 Å². The predicted molar refractivity (Wildman–Crippen MR) is 70.8 cm³/mol. The number of carbonyl (C=O) groups excluding carboxylic acids is 1. The minimum atomic E-state index is -0.0839. The number of ether oxygens (including phenoxy) is 2. The molecule has 2 rings (SSSR count). The van der Waals surface area contributed by atoms with Gasteiger partial charge in [0.1, 0.15) is 0 Å². The molecule has 5 heteroatoms. The Bertz CT molecular complexity index is 302. The number of likely N-dealkylation sites (N-methyl/N-ethyl adjacent to an activating group) is 1. The topological polar surface area (TPSA) is 59.0 Å². The molecule has 2 atom stereocenters. The van der Waals surface area contributed by atoms with Crippen molar-refractivity contribution in [2.75, 3.05) is 27.3 Å². The zero-order valence-electron chi connectivity index (χ0n) is 11.9. The fraction of sp³-hybridized carbons (Fsp3) is 0.929. The number of esters is 1. The Morgan fingerprint density at radius 2 is 1.95 bits per heavy atom. The maximum atomic E-state index is 11.4. The van der Waals surface area contributed by atoms with E-state index >= 15 is 0 Å². The summed E-state index contributed by atoms with van der Waals surface area (Å²) in [7, 11) is 3.48. The molecule has 2 fully saturated rings. The van der Waals surface area contributed by atoms with Crippen LogP contribution in [0.15, 0.2) is 0 Å². The summed E-state index contributed by atoms with van der Waals surface area (Å²) >= 11 is 0. The minimum Gasteiger partial charge on any atom is -0.469 e. The van der Waals surface area contributed by atoms with Gasteiger partial charge in [-0.05, 0) is 39.2 Å². The van der Waals surface area contributed by atoms with Gasteiger partial charge >= 0.3 is 5.97 Å². The van der Waals surface area contributed by atoms with Crippen molar-refractivity contribution in [3.8, 4) is 0 Å². The molecule has 19 heavy (non-hydrogen) atoms. The van der Waals surface area contributed by atoms with Crippen LogP contribution >= 0.6 is 0 Å². The summed E-state index contributed by atoms with van der Waals surface area (Å²) in [6, 6.07) is 0.233. The number of methoxy groups -OCH3 is 1. The number of hydrogen-bond acceptors (Lipinski definition) is 5. The van der Waals surface area contributed by atoms with E-state index in [0.29, 0.717) is 0 Å². The van der Waals surface area contributed by atoms with Crippen molar-refractivity contribution in [2.24, 2.45) is 5.92 Å². The largest absolute Gasteiger partial charge is 0.469 e. The number of likely N-dealkylation sites (tertiary alicyclic amines) is 1. The molecule has 0 aromatic heterocycles. The number of rotatable bonds is 4. The fourth-order valence-electron chi connectivity index (χ4n) is 3.21. The summed E-state index contributed by atoms with van der Waals surface area (Å²) in [5.41, 5.74) is 0. The summed E-state index contributed by atoms with van der Waals surface area (Å²) in [4.78, 5) is 13.6. The third-order valence-corrected chi connectivity index (χ3v) is 4.45. The lowest BCUT2D eigenvalue weighted by Crippen LogP contribution is -2.31. The number of hydrogen-bond donors (Lipinski definition) is 1. The van der Waals surface area contributed by atoms with Gasteiger partial charge in [0.25, 0.3) is 0 Å². The van der Waals surface area contributed by atoms with Gasteiger partial charge in [0.05, 0.1) is 31.8 Å². The van der Waals surface area contributed by atoms with Crippen LogP contribution in [-0.2, 0) is 14.3 Å². The maximum Gasteiger partial charge on any atom is 0.308 e. The second kappa shape index (κ2) is 6.68. The highest BCUT2D eigenvalue weighted by atomic mass is 16.5. The lowest BCUT2D eigenvalue weighted by molar-refractivity contribution is -0.147. The number of nitrogens with zero attached hydrogens (tertiary/aromatic N) is 1. The van der Waals surface area contributed by atoms with E-state index in [1.54, 1.807) is 0 Å². The average molecular weight is 271 g/mol. The molecule has 0 radical (unpaired) electrons. The Balaban J connectivity index is 1.73. The van der Waals surface area contributed by atoms with E-state index in [1.165, 1.54) is 7.11 Å². The minimum absolute atomic E-state index is 0.0568. The van der Waals surface area contributed by atoms with Gasteiger partial charge in [-0.2, -0.15) is 0 Å². The van der Waals surface area contributed by atoms with Crippen LogP contribution in [-0.4, -0.2) is 61.5 Å². The van der Waals surface area contributed by atoms with E-state index in [2.05, 4.69) is 4.90 Å². The summed E-state index contributed by atoms with van der Waals surface area (Å²) in [6.45, 7) is 1.09. The van der Waals surface area contributed by atoms with Crippen molar-refractivity contribution in [3.63, 3.8) is 0 Å². The third kappa shape index (κ3) is 3.68. The first-order valence-corrected chi connectivity index (χ1v) is 7.18. The standard InChI is InChI=1S/C14H25NO4/c1-15-8-13(7-11(15)9-16)19-12-5-3-10(4-6-12)14(17)18-2/h10-13,16H,3-9H2,1-2H3/t10?,11-,12?,13+/m0/s1. The zero-order chi connectivity index (χ0) is 13.8. The lowest BCUT2D eigenvalue weighted by atomic mass is 9.87. The van der Waals surface area contributed by atoms with E-state index in [1.807, 2.05) is 7.05 Å². The predicted octanol–water partition coefficient (Wildman–Crippen LogP) is 0.800. The molecule has 1 aliphatic carbocycles. The first-order valence-electron chi connectivity index (χ1n) is 7.18. The van der Waals surface area contributed by atoms with E-state index in [9.17, 15) is 9.90 Å². The van der Waals surface area contributed by atoms with Gasteiger partial charge in [-0.1, -0.05) is 0 Å². The summed E-state index contributed by atoms with van der Waals surface area (Å²) < 4.78 is 10.9. The summed E-state index contributed by atoms with van der Waals surface area (Å²) in [5.74, 6) is -0.0271. The van der Waals surface area contributed by atoms with Gasteiger partial charge in [-0.15, -0.1) is 0 Å². The summed E-state index contributed by atoms with van der Waals surface area (Å²) in [5, 5.41) is 9.23. The Morgan fingerprint density at radius 3 is 2.47 bits per heavy atom. The molecule has 0 spiro atoms. The molecular formula is C14H25NO4. The molecule has 110 valence electrons. The molecule has 1 N–H and O–H groups in total. The van der Waals surface area contributed by atoms with Crippen molar-refractivity contribution in [1.29, 1.82) is 0 Å². The SMILES string of the molecule is COC(=O)C1CCC(O[C@@H]2C[C@@H](CO)N(C)C2)CC1. The van der Waals surface area contributed by atoms with Crippen LogP contribution in [0.5, 0.6) is 0 Å². The van der Waals surface area contributed by atoms with Gasteiger partial charge < -0.3 is 14.6 Å². The highest BCUT2D eigenvalue weighted by molar-refractivity contribution is 5.72. The first-order chi connectivity index (χ1) is 9.13. The van der Waals surface area contributed by atoms with E-state index in [4.69, 9.17) is 9.47 Å². The second-order valence-corrected chi connectivity index (χ2v) is 5.77. The molecular weight excluding hydrogens is 246 g/mol. The van der Waals surface area contributed by atoms with Crippen LogP contribution < -0.4 is 0 Å². The summed E-state index contributed by atoms with van der Waals surface area (Å²) in [6.07, 6.45) is 4.99. The molecule has 1 heterocycles. The first kappa shape index (κ1) is 14.8. The Hall–Kier alpha value is -0.650. The van der Waals surface area contributed by atoms with E-state index in [-0.39, 0.29) is 36.7 Å². The molecule has 1 saturated heterocycles. The van der Waals surface area contributed by atoms with Crippen LogP contribution in [0.4, 0.5) is 0 Å². The normalized spacial score (nSPS) is 36.4. The molecule has 1 saturated carbocycles. The molecule has 0 aromatic carbocycles. The molecule has 2 aliphatic rings. The molecule has 1 aliphatic heterocycles. The van der Waals surface area contributed by atoms with Crippen LogP contribution in [0.3, 0.4) is 0 Å². The van der Waals surface area contributed by atoms with Crippen molar-refractivity contribution < 1.29 is 19.4 Å². The molecule has 0 aromatic rings. The van der Waals surface area contributed by atoms with Gasteiger partial charge in [0.15, 0.2) is 0 Å². The van der Waals surface area contributed by atoms with E-state index in [0.717, 1.165) is 38.6 Å². The monoisotopic (exact) mass is 271 g/mol. The van der Waals surface area contributed by atoms with Gasteiger partial charge in [-0.3, -0.25) is 9.69 Å². The number of aliphatic hydroxyl groups excluding tert-OH is 1. The Labute approximate surface area is 114 Å². The van der Waals surface area contributed by atoms with Crippen LogP contribution in [0.1, 0.15) is 32.1 Å².